The molecule has 0 aromatic heterocycles. The number of nitrogens with zero attached hydrogens (tertiary/aromatic N) is 1. The number of fused-ring (bicyclic) bond motifs is 1. The molecule has 0 fully saturated rings. The summed E-state index contributed by atoms with van der Waals surface area (Å²) in [5, 5.41) is 3.30. The van der Waals surface area contributed by atoms with Crippen molar-refractivity contribution in [2.45, 2.75) is 6.42 Å². The predicted octanol–water partition coefficient (Wildman–Crippen LogP) is 1.81. The molecule has 6 heteroatoms. The van der Waals surface area contributed by atoms with E-state index in [0.29, 0.717) is 26.3 Å². The van der Waals surface area contributed by atoms with E-state index in [9.17, 15) is 4.79 Å². The van der Waals surface area contributed by atoms with Gasteiger partial charge in [0, 0.05) is 45.1 Å². The van der Waals surface area contributed by atoms with Gasteiger partial charge in [-0.3, -0.25) is 4.79 Å². The van der Waals surface area contributed by atoms with E-state index in [1.807, 2.05) is 18.2 Å². The maximum Gasteiger partial charge on any atom is 0.254 e. The summed E-state index contributed by atoms with van der Waals surface area (Å²) < 4.78 is 10.1. The quantitative estimate of drug-likeness (QED) is 0.834. The largest absolute Gasteiger partial charge is 0.384 e. The fourth-order valence-electron chi connectivity index (χ4n) is 2.34. The van der Waals surface area contributed by atoms with Crippen LogP contribution in [-0.2, 0) is 15.9 Å². The molecular weight excluding hydrogens is 292 g/mol. The summed E-state index contributed by atoms with van der Waals surface area (Å²) in [6, 6.07) is 5.86. The SMILES string of the molecule is COCCN(CCOC)C(=O)c1ccc2c(c1)CCN2.Cl. The second kappa shape index (κ2) is 8.87. The average Bonchev–Trinajstić information content (AvgIpc) is 2.94. The van der Waals surface area contributed by atoms with Crippen molar-refractivity contribution in [1.29, 1.82) is 0 Å². The Morgan fingerprint density at radius 2 is 1.90 bits per heavy atom. The Labute approximate surface area is 132 Å². The van der Waals surface area contributed by atoms with Crippen LogP contribution in [-0.4, -0.2) is 57.9 Å². The monoisotopic (exact) mass is 314 g/mol. The summed E-state index contributed by atoms with van der Waals surface area (Å²) in [6.45, 7) is 3.16. The van der Waals surface area contributed by atoms with Crippen LogP contribution >= 0.6 is 12.4 Å². The highest BCUT2D eigenvalue weighted by atomic mass is 35.5. The number of amides is 1. The highest BCUT2D eigenvalue weighted by Crippen LogP contribution is 2.23. The topological polar surface area (TPSA) is 50.8 Å². The minimum Gasteiger partial charge on any atom is -0.384 e. The number of carbonyl (C=O) groups excluding carboxylic acids is 1. The van der Waals surface area contributed by atoms with Gasteiger partial charge in [0.05, 0.1) is 13.2 Å². The van der Waals surface area contributed by atoms with E-state index in [-0.39, 0.29) is 18.3 Å². The molecule has 0 spiro atoms. The first kappa shape index (κ1) is 17.8. The zero-order valence-corrected chi connectivity index (χ0v) is 13.4. The number of hydrogen-bond acceptors (Lipinski definition) is 4. The van der Waals surface area contributed by atoms with Crippen molar-refractivity contribution in [3.8, 4) is 0 Å². The molecular formula is C15H23ClN2O3. The number of carbonyl (C=O) groups is 1. The van der Waals surface area contributed by atoms with E-state index in [1.54, 1.807) is 19.1 Å². The Hall–Kier alpha value is -1.30. The number of methoxy groups -OCH3 is 2. The van der Waals surface area contributed by atoms with Crippen molar-refractivity contribution in [3.05, 3.63) is 29.3 Å². The molecule has 0 aliphatic carbocycles. The van der Waals surface area contributed by atoms with Crippen LogP contribution in [0.25, 0.3) is 0 Å². The second-order valence-electron chi connectivity index (χ2n) is 4.83. The molecule has 0 saturated carbocycles. The van der Waals surface area contributed by atoms with Gasteiger partial charge in [0.2, 0.25) is 0 Å². The predicted molar refractivity (Wildman–Crippen MR) is 85.5 cm³/mol. The van der Waals surface area contributed by atoms with Crippen LogP contribution in [0, 0.1) is 0 Å². The van der Waals surface area contributed by atoms with Gasteiger partial charge >= 0.3 is 0 Å². The maximum absolute atomic E-state index is 12.6. The molecule has 0 radical (unpaired) electrons. The van der Waals surface area contributed by atoms with Crippen molar-refractivity contribution in [3.63, 3.8) is 0 Å². The Balaban J connectivity index is 0.00000220. The van der Waals surface area contributed by atoms with Gasteiger partial charge < -0.3 is 19.7 Å². The average molecular weight is 315 g/mol. The molecule has 0 bridgehead atoms. The number of nitrogens with one attached hydrogen (secondary N) is 1. The molecule has 5 nitrogen and oxygen atoms in total. The lowest BCUT2D eigenvalue weighted by Gasteiger charge is -2.22. The van der Waals surface area contributed by atoms with E-state index in [4.69, 9.17) is 9.47 Å². The Morgan fingerprint density at radius 1 is 1.24 bits per heavy atom. The smallest absolute Gasteiger partial charge is 0.254 e. The molecule has 1 amide bonds. The number of anilines is 1. The Kier molecular flexibility index (Phi) is 7.50. The minimum atomic E-state index is 0. The summed E-state index contributed by atoms with van der Waals surface area (Å²) >= 11 is 0. The van der Waals surface area contributed by atoms with E-state index in [0.717, 1.165) is 24.2 Å². The summed E-state index contributed by atoms with van der Waals surface area (Å²) in [7, 11) is 3.28. The summed E-state index contributed by atoms with van der Waals surface area (Å²) in [5.74, 6) is 0.0359. The van der Waals surface area contributed by atoms with Gasteiger partial charge in [-0.1, -0.05) is 0 Å². The van der Waals surface area contributed by atoms with Crippen molar-refractivity contribution in [1.82, 2.24) is 4.90 Å². The molecule has 1 aromatic rings. The molecule has 1 heterocycles. The van der Waals surface area contributed by atoms with Crippen molar-refractivity contribution in [2.75, 3.05) is 52.4 Å². The van der Waals surface area contributed by atoms with E-state index in [2.05, 4.69) is 5.32 Å². The second-order valence-corrected chi connectivity index (χ2v) is 4.83. The molecule has 21 heavy (non-hydrogen) atoms. The van der Waals surface area contributed by atoms with Gasteiger partial charge in [-0.15, -0.1) is 12.4 Å². The molecule has 0 saturated heterocycles. The molecule has 1 aromatic carbocycles. The third-order valence-electron chi connectivity index (χ3n) is 3.48. The molecule has 118 valence electrons. The van der Waals surface area contributed by atoms with Gasteiger partial charge in [0.25, 0.3) is 5.91 Å². The van der Waals surface area contributed by atoms with Gasteiger partial charge in [-0.05, 0) is 30.2 Å². The molecule has 1 aliphatic heterocycles. The summed E-state index contributed by atoms with van der Waals surface area (Å²) in [5.41, 5.74) is 3.09. The standard InChI is InChI=1S/C15H22N2O3.ClH/c1-19-9-7-17(8-10-20-2)15(18)13-3-4-14-12(11-13)5-6-16-14;/h3-4,11,16H,5-10H2,1-2H3;1H. The minimum absolute atomic E-state index is 0. The number of hydrogen-bond donors (Lipinski definition) is 1. The Morgan fingerprint density at radius 3 is 2.52 bits per heavy atom. The molecule has 0 atom stereocenters. The first-order chi connectivity index (χ1) is 9.76. The van der Waals surface area contributed by atoms with Gasteiger partial charge in [0.15, 0.2) is 0 Å². The van der Waals surface area contributed by atoms with Crippen LogP contribution in [0.3, 0.4) is 0 Å². The van der Waals surface area contributed by atoms with E-state index >= 15 is 0 Å². The zero-order valence-electron chi connectivity index (χ0n) is 12.6. The fourth-order valence-corrected chi connectivity index (χ4v) is 2.34. The highest BCUT2D eigenvalue weighted by Gasteiger charge is 2.18. The lowest BCUT2D eigenvalue weighted by Crippen LogP contribution is -2.36. The fraction of sp³-hybridized carbons (Fsp3) is 0.533. The van der Waals surface area contributed by atoms with Crippen LogP contribution in [0.5, 0.6) is 0 Å². The van der Waals surface area contributed by atoms with Crippen LogP contribution in [0.2, 0.25) is 0 Å². The Bertz CT molecular complexity index is 460. The van der Waals surface area contributed by atoms with E-state index in [1.165, 1.54) is 5.56 Å². The van der Waals surface area contributed by atoms with Crippen LogP contribution in [0.15, 0.2) is 18.2 Å². The number of rotatable bonds is 7. The van der Waals surface area contributed by atoms with Crippen molar-refractivity contribution < 1.29 is 14.3 Å². The van der Waals surface area contributed by atoms with E-state index < -0.39 is 0 Å². The van der Waals surface area contributed by atoms with Crippen molar-refractivity contribution >= 4 is 24.0 Å². The molecule has 0 unspecified atom stereocenters. The molecule has 1 aliphatic rings. The van der Waals surface area contributed by atoms with Crippen LogP contribution < -0.4 is 5.32 Å². The van der Waals surface area contributed by atoms with Crippen molar-refractivity contribution in [2.24, 2.45) is 0 Å². The lowest BCUT2D eigenvalue weighted by atomic mass is 10.1. The molecule has 2 rings (SSSR count). The molecule has 1 N–H and O–H groups in total. The zero-order chi connectivity index (χ0) is 14.4. The van der Waals surface area contributed by atoms with Crippen LogP contribution in [0.1, 0.15) is 15.9 Å². The summed E-state index contributed by atoms with van der Waals surface area (Å²) in [6.07, 6.45) is 0.979. The third kappa shape index (κ3) is 4.59. The van der Waals surface area contributed by atoms with Gasteiger partial charge in [-0.25, -0.2) is 0 Å². The van der Waals surface area contributed by atoms with Crippen LogP contribution in [0.4, 0.5) is 5.69 Å². The normalized spacial score (nSPS) is 12.3. The highest BCUT2D eigenvalue weighted by molar-refractivity contribution is 5.95. The lowest BCUT2D eigenvalue weighted by molar-refractivity contribution is 0.0627. The maximum atomic E-state index is 12.6. The number of ether oxygens (including phenoxy) is 2. The number of halogens is 1. The van der Waals surface area contributed by atoms with Gasteiger partial charge in [0.1, 0.15) is 0 Å². The first-order valence-corrected chi connectivity index (χ1v) is 6.90. The number of benzene rings is 1. The van der Waals surface area contributed by atoms with Gasteiger partial charge in [-0.2, -0.15) is 0 Å². The first-order valence-electron chi connectivity index (χ1n) is 6.90. The third-order valence-corrected chi connectivity index (χ3v) is 3.48. The summed E-state index contributed by atoms with van der Waals surface area (Å²) in [4.78, 5) is 14.3.